The third-order valence-electron chi connectivity index (χ3n) is 5.06. The number of fused-ring (bicyclic) bond motifs is 1. The van der Waals surface area contributed by atoms with E-state index in [4.69, 9.17) is 0 Å². The van der Waals surface area contributed by atoms with Crippen molar-refractivity contribution in [1.82, 2.24) is 9.97 Å². The van der Waals surface area contributed by atoms with Crippen LogP contribution in [0, 0.1) is 5.92 Å². The number of aliphatic hydroxyl groups excluding tert-OH is 1. The molecule has 5 heteroatoms. The molecule has 0 spiro atoms. The summed E-state index contributed by atoms with van der Waals surface area (Å²) in [6.45, 7) is 6.30. The number of hydrogen-bond acceptors (Lipinski definition) is 4. The van der Waals surface area contributed by atoms with Crippen LogP contribution in [0.4, 0.5) is 5.82 Å². The molecule has 0 bridgehead atoms. The molecule has 1 fully saturated rings. The molecule has 2 aromatic heterocycles. The van der Waals surface area contributed by atoms with Crippen LogP contribution in [0.3, 0.4) is 0 Å². The average molecular weight is 392 g/mol. The summed E-state index contributed by atoms with van der Waals surface area (Å²) >= 11 is 0. The molecule has 1 aliphatic carbocycles. The van der Waals surface area contributed by atoms with E-state index in [0.29, 0.717) is 12.2 Å². The normalized spacial score (nSPS) is 15.7. The van der Waals surface area contributed by atoms with Gasteiger partial charge in [0, 0.05) is 35.7 Å². The number of hydrogen-bond donors (Lipinski definition) is 2. The Hall–Kier alpha value is -2.79. The van der Waals surface area contributed by atoms with Gasteiger partial charge in [-0.2, -0.15) is 0 Å². The lowest BCUT2D eigenvalue weighted by atomic mass is 9.98. The highest BCUT2D eigenvalue weighted by atomic mass is 16.3. The van der Waals surface area contributed by atoms with E-state index in [0.717, 1.165) is 52.4 Å². The quantitative estimate of drug-likeness (QED) is 0.618. The number of amides is 1. The SMILES string of the molecule is C\C=C(/C(C)=C\C(=C\CC)CCO)c1cc2cnc(NC(=O)C3CC3)cc2cn1. The molecular weight excluding hydrogens is 362 g/mol. The highest BCUT2D eigenvalue weighted by Crippen LogP contribution is 2.30. The molecule has 0 radical (unpaired) electrons. The first kappa shape index (κ1) is 20.9. The molecule has 152 valence electrons. The first-order valence-electron chi connectivity index (χ1n) is 10.3. The van der Waals surface area contributed by atoms with E-state index >= 15 is 0 Å². The summed E-state index contributed by atoms with van der Waals surface area (Å²) in [5.41, 5.74) is 4.17. The number of rotatable bonds is 8. The molecule has 0 unspecified atom stereocenters. The van der Waals surface area contributed by atoms with Crippen molar-refractivity contribution >= 4 is 28.1 Å². The summed E-state index contributed by atoms with van der Waals surface area (Å²) in [5.74, 6) is 0.777. The van der Waals surface area contributed by atoms with Gasteiger partial charge in [-0.1, -0.05) is 25.2 Å². The number of pyridine rings is 2. The van der Waals surface area contributed by atoms with Crippen molar-refractivity contribution in [3.63, 3.8) is 0 Å². The Balaban J connectivity index is 1.85. The minimum absolute atomic E-state index is 0.0530. The summed E-state index contributed by atoms with van der Waals surface area (Å²) in [7, 11) is 0. The molecule has 3 rings (SSSR count). The second-order valence-corrected chi connectivity index (χ2v) is 7.44. The standard InChI is InChI=1S/C24H29N3O2/c1-4-6-17(9-10-28)11-16(3)21(5-2)22-12-19-15-26-23(13-20(19)14-25-22)27-24(29)18-7-8-18/h5-6,11-15,18,28H,4,7-10H2,1-3H3,(H,26,27,29)/b16-11-,17-6+,21-5+. The Bertz CT molecular complexity index is 985. The molecule has 0 aromatic carbocycles. The van der Waals surface area contributed by atoms with Crippen LogP contribution >= 0.6 is 0 Å². The lowest BCUT2D eigenvalue weighted by Gasteiger charge is -2.11. The number of carbonyl (C=O) groups is 1. The van der Waals surface area contributed by atoms with Gasteiger partial charge in [-0.25, -0.2) is 4.98 Å². The molecule has 5 nitrogen and oxygen atoms in total. The van der Waals surface area contributed by atoms with Crippen molar-refractivity contribution < 1.29 is 9.90 Å². The van der Waals surface area contributed by atoms with E-state index in [2.05, 4.69) is 47.4 Å². The highest BCUT2D eigenvalue weighted by molar-refractivity contribution is 5.95. The first-order chi connectivity index (χ1) is 14.0. The molecule has 0 atom stereocenters. The zero-order valence-corrected chi connectivity index (χ0v) is 17.4. The monoisotopic (exact) mass is 391 g/mol. The third kappa shape index (κ3) is 5.39. The highest BCUT2D eigenvalue weighted by Gasteiger charge is 2.29. The van der Waals surface area contributed by atoms with Crippen LogP contribution in [-0.2, 0) is 4.79 Å². The van der Waals surface area contributed by atoms with Gasteiger partial charge in [-0.3, -0.25) is 9.78 Å². The van der Waals surface area contributed by atoms with Crippen molar-refractivity contribution in [2.24, 2.45) is 5.92 Å². The zero-order valence-electron chi connectivity index (χ0n) is 17.4. The van der Waals surface area contributed by atoms with Gasteiger partial charge < -0.3 is 10.4 Å². The maximum Gasteiger partial charge on any atom is 0.228 e. The van der Waals surface area contributed by atoms with Gasteiger partial charge in [0.15, 0.2) is 0 Å². The van der Waals surface area contributed by atoms with E-state index in [9.17, 15) is 9.90 Å². The fourth-order valence-corrected chi connectivity index (χ4v) is 3.38. The molecule has 0 aliphatic heterocycles. The molecule has 29 heavy (non-hydrogen) atoms. The second-order valence-electron chi connectivity index (χ2n) is 7.44. The van der Waals surface area contributed by atoms with Gasteiger partial charge in [0.05, 0.1) is 5.69 Å². The molecule has 1 saturated carbocycles. The predicted octanol–water partition coefficient (Wildman–Crippen LogP) is 5.05. The summed E-state index contributed by atoms with van der Waals surface area (Å²) in [6.07, 6.45) is 13.4. The summed E-state index contributed by atoms with van der Waals surface area (Å²) in [5, 5.41) is 14.1. The first-order valence-corrected chi connectivity index (χ1v) is 10.3. The third-order valence-corrected chi connectivity index (χ3v) is 5.06. The van der Waals surface area contributed by atoms with Crippen LogP contribution in [0.5, 0.6) is 0 Å². The predicted molar refractivity (Wildman–Crippen MR) is 118 cm³/mol. The Morgan fingerprint density at radius 1 is 1.24 bits per heavy atom. The number of anilines is 1. The van der Waals surface area contributed by atoms with E-state index in [1.807, 2.05) is 25.3 Å². The van der Waals surface area contributed by atoms with Gasteiger partial charge in [0.1, 0.15) is 5.82 Å². The summed E-state index contributed by atoms with van der Waals surface area (Å²) in [4.78, 5) is 21.0. The van der Waals surface area contributed by atoms with E-state index in [-0.39, 0.29) is 18.4 Å². The van der Waals surface area contributed by atoms with Crippen molar-refractivity contribution in [2.45, 2.75) is 46.5 Å². The van der Waals surface area contributed by atoms with Crippen molar-refractivity contribution in [1.29, 1.82) is 0 Å². The van der Waals surface area contributed by atoms with Crippen LogP contribution in [0.2, 0.25) is 0 Å². The Morgan fingerprint density at radius 2 is 1.97 bits per heavy atom. The lowest BCUT2D eigenvalue weighted by Crippen LogP contribution is -2.14. The number of nitrogens with zero attached hydrogens (tertiary/aromatic N) is 2. The minimum Gasteiger partial charge on any atom is -0.396 e. The molecule has 2 aromatic rings. The Morgan fingerprint density at radius 3 is 2.62 bits per heavy atom. The lowest BCUT2D eigenvalue weighted by molar-refractivity contribution is -0.117. The van der Waals surface area contributed by atoms with Crippen molar-refractivity contribution in [2.75, 3.05) is 11.9 Å². The average Bonchev–Trinajstić information content (AvgIpc) is 3.54. The number of aliphatic hydroxyl groups is 1. The molecule has 1 aliphatic rings. The summed E-state index contributed by atoms with van der Waals surface area (Å²) < 4.78 is 0. The van der Waals surface area contributed by atoms with Gasteiger partial charge in [-0.05, 0) is 68.4 Å². The fraction of sp³-hybridized carbons (Fsp3) is 0.375. The van der Waals surface area contributed by atoms with Crippen LogP contribution in [0.25, 0.3) is 16.3 Å². The molecule has 2 heterocycles. The van der Waals surface area contributed by atoms with Crippen LogP contribution in [0.15, 0.2) is 53.9 Å². The molecule has 0 saturated heterocycles. The number of allylic oxidation sites excluding steroid dienone is 5. The topological polar surface area (TPSA) is 75.1 Å². The van der Waals surface area contributed by atoms with E-state index in [1.165, 1.54) is 0 Å². The smallest absolute Gasteiger partial charge is 0.228 e. The Kier molecular flexibility index (Phi) is 6.94. The minimum atomic E-state index is 0.0530. The number of nitrogens with one attached hydrogen (secondary N) is 1. The maximum absolute atomic E-state index is 11.9. The van der Waals surface area contributed by atoms with Crippen molar-refractivity contribution in [3.8, 4) is 0 Å². The van der Waals surface area contributed by atoms with Gasteiger partial charge in [-0.15, -0.1) is 0 Å². The Labute approximate surface area is 172 Å². The maximum atomic E-state index is 11.9. The second kappa shape index (κ2) is 9.61. The van der Waals surface area contributed by atoms with Gasteiger partial charge in [0.25, 0.3) is 0 Å². The number of carbonyl (C=O) groups excluding carboxylic acids is 1. The summed E-state index contributed by atoms with van der Waals surface area (Å²) in [6, 6.07) is 3.89. The largest absolute Gasteiger partial charge is 0.396 e. The van der Waals surface area contributed by atoms with Gasteiger partial charge in [0.2, 0.25) is 5.91 Å². The zero-order chi connectivity index (χ0) is 20.8. The van der Waals surface area contributed by atoms with Crippen LogP contribution < -0.4 is 5.32 Å². The van der Waals surface area contributed by atoms with Crippen molar-refractivity contribution in [3.05, 3.63) is 59.6 Å². The van der Waals surface area contributed by atoms with Crippen LogP contribution in [-0.4, -0.2) is 27.6 Å². The van der Waals surface area contributed by atoms with E-state index < -0.39 is 0 Å². The van der Waals surface area contributed by atoms with Crippen LogP contribution in [0.1, 0.15) is 52.1 Å². The van der Waals surface area contributed by atoms with Gasteiger partial charge >= 0.3 is 0 Å². The van der Waals surface area contributed by atoms with E-state index in [1.54, 1.807) is 6.20 Å². The molecular formula is C24H29N3O2. The number of aromatic nitrogens is 2. The molecule has 1 amide bonds. The fourth-order valence-electron chi connectivity index (χ4n) is 3.38. The molecule has 2 N–H and O–H groups in total.